The second kappa shape index (κ2) is 5.64. The third-order valence-corrected chi connectivity index (χ3v) is 5.30. The molecule has 2 aromatic rings. The maximum Gasteiger partial charge on any atom is 0.182 e. The van der Waals surface area contributed by atoms with Crippen molar-refractivity contribution >= 4 is 38.7 Å². The Bertz CT molecular complexity index is 758. The minimum Gasteiger partial charge on any atom is -0.399 e. The van der Waals surface area contributed by atoms with Gasteiger partial charge in [0, 0.05) is 15.7 Å². The van der Waals surface area contributed by atoms with Gasteiger partial charge in [-0.3, -0.25) is 0 Å². The van der Waals surface area contributed by atoms with Crippen molar-refractivity contribution in [1.29, 1.82) is 0 Å². The molecule has 0 fully saturated rings. The maximum absolute atomic E-state index is 12.5. The molecule has 0 heterocycles. The number of nitrogens with two attached hydrogens (primary N) is 1. The van der Waals surface area contributed by atoms with Crippen LogP contribution in [0.4, 0.5) is 5.69 Å². The van der Waals surface area contributed by atoms with E-state index in [4.69, 9.17) is 28.9 Å². The average molecular weight is 330 g/mol. The lowest BCUT2D eigenvalue weighted by Crippen LogP contribution is -2.08. The molecule has 0 aromatic heterocycles. The molecule has 2 aromatic carbocycles. The smallest absolute Gasteiger partial charge is 0.182 e. The Morgan fingerprint density at radius 2 is 1.80 bits per heavy atom. The predicted octanol–water partition coefficient (Wildman–Crippen LogP) is 3.86. The zero-order chi connectivity index (χ0) is 14.9. The second-order valence-electron chi connectivity index (χ2n) is 4.52. The van der Waals surface area contributed by atoms with Crippen LogP contribution in [0.2, 0.25) is 10.0 Å². The van der Waals surface area contributed by atoms with Gasteiger partial charge in [0.1, 0.15) is 0 Å². The quantitative estimate of drug-likeness (QED) is 0.870. The molecule has 0 unspecified atom stereocenters. The Morgan fingerprint density at radius 3 is 2.45 bits per heavy atom. The molecule has 20 heavy (non-hydrogen) atoms. The van der Waals surface area contributed by atoms with Gasteiger partial charge in [0.2, 0.25) is 0 Å². The SMILES string of the molecule is Cc1ccc(N)cc1S(=O)(=O)Cc1ccc(Cl)cc1Cl. The Kier molecular flexibility index (Phi) is 4.28. The lowest BCUT2D eigenvalue weighted by atomic mass is 10.2. The number of hydrogen-bond donors (Lipinski definition) is 1. The van der Waals surface area contributed by atoms with Gasteiger partial charge >= 0.3 is 0 Å². The van der Waals surface area contributed by atoms with Gasteiger partial charge in [0.25, 0.3) is 0 Å². The van der Waals surface area contributed by atoms with Crippen LogP contribution in [0.25, 0.3) is 0 Å². The summed E-state index contributed by atoms with van der Waals surface area (Å²) in [5.74, 6) is -0.187. The van der Waals surface area contributed by atoms with E-state index in [-0.39, 0.29) is 10.6 Å². The number of nitrogen functional groups attached to an aromatic ring is 1. The highest BCUT2D eigenvalue weighted by atomic mass is 35.5. The molecule has 2 N–H and O–H groups in total. The van der Waals surface area contributed by atoms with Crippen molar-refractivity contribution in [1.82, 2.24) is 0 Å². The van der Waals surface area contributed by atoms with E-state index in [9.17, 15) is 8.42 Å². The highest BCUT2D eigenvalue weighted by molar-refractivity contribution is 7.90. The minimum atomic E-state index is -3.51. The first-order valence-corrected chi connectivity index (χ1v) is 8.23. The number of rotatable bonds is 3. The van der Waals surface area contributed by atoms with E-state index in [2.05, 4.69) is 0 Å². The van der Waals surface area contributed by atoms with Crippen LogP contribution in [0.3, 0.4) is 0 Å². The lowest BCUT2D eigenvalue weighted by Gasteiger charge is -2.10. The summed E-state index contributed by atoms with van der Waals surface area (Å²) >= 11 is 11.8. The highest BCUT2D eigenvalue weighted by Crippen LogP contribution is 2.27. The first kappa shape index (κ1) is 15.2. The molecule has 0 aliphatic carbocycles. The summed E-state index contributed by atoms with van der Waals surface area (Å²) in [6, 6.07) is 9.58. The van der Waals surface area contributed by atoms with Gasteiger partial charge in [-0.15, -0.1) is 0 Å². The summed E-state index contributed by atoms with van der Waals surface area (Å²) in [5, 5.41) is 0.805. The summed E-state index contributed by atoms with van der Waals surface area (Å²) in [7, 11) is -3.51. The van der Waals surface area contributed by atoms with Crippen LogP contribution in [-0.4, -0.2) is 8.42 Å². The van der Waals surface area contributed by atoms with Crippen molar-refractivity contribution in [2.45, 2.75) is 17.6 Å². The Hall–Kier alpha value is -1.23. The third kappa shape index (κ3) is 3.26. The molecule has 0 atom stereocenters. The standard InChI is InChI=1S/C14H13Cl2NO2S/c1-9-2-5-12(17)7-14(9)20(18,19)8-10-3-4-11(15)6-13(10)16/h2-7H,8,17H2,1H3. The molecule has 0 aliphatic heterocycles. The van der Waals surface area contributed by atoms with Gasteiger partial charge in [0.15, 0.2) is 9.84 Å². The van der Waals surface area contributed by atoms with Crippen molar-refractivity contribution in [3.8, 4) is 0 Å². The van der Waals surface area contributed by atoms with Crippen LogP contribution in [0.15, 0.2) is 41.3 Å². The molecule has 2 rings (SSSR count). The van der Waals surface area contributed by atoms with E-state index >= 15 is 0 Å². The van der Waals surface area contributed by atoms with E-state index in [0.717, 1.165) is 0 Å². The fraction of sp³-hybridized carbons (Fsp3) is 0.143. The van der Waals surface area contributed by atoms with Crippen LogP contribution in [0, 0.1) is 6.92 Å². The Labute approximate surface area is 128 Å². The number of halogens is 2. The maximum atomic E-state index is 12.5. The van der Waals surface area contributed by atoms with E-state index in [0.29, 0.717) is 26.9 Å². The molecule has 6 heteroatoms. The topological polar surface area (TPSA) is 60.2 Å². The summed E-state index contributed by atoms with van der Waals surface area (Å²) in [4.78, 5) is 0.225. The van der Waals surface area contributed by atoms with Crippen LogP contribution in [-0.2, 0) is 15.6 Å². The van der Waals surface area contributed by atoms with Gasteiger partial charge in [-0.25, -0.2) is 8.42 Å². The molecule has 106 valence electrons. The molecule has 3 nitrogen and oxygen atoms in total. The molecule has 0 saturated heterocycles. The summed E-state index contributed by atoms with van der Waals surface area (Å²) < 4.78 is 24.9. The first-order chi connectivity index (χ1) is 9.29. The van der Waals surface area contributed by atoms with Crippen LogP contribution >= 0.6 is 23.2 Å². The largest absolute Gasteiger partial charge is 0.399 e. The Balaban J connectivity index is 2.43. The van der Waals surface area contributed by atoms with Gasteiger partial charge in [-0.1, -0.05) is 35.3 Å². The molecule has 0 saturated carbocycles. The van der Waals surface area contributed by atoms with Gasteiger partial charge in [0.05, 0.1) is 10.6 Å². The molecule has 0 spiro atoms. The third-order valence-electron chi connectivity index (χ3n) is 2.91. The molecule has 0 bridgehead atoms. The van der Waals surface area contributed by atoms with E-state index in [1.807, 2.05) is 0 Å². The van der Waals surface area contributed by atoms with Crippen molar-refractivity contribution in [3.63, 3.8) is 0 Å². The van der Waals surface area contributed by atoms with E-state index < -0.39 is 9.84 Å². The fourth-order valence-corrected chi connectivity index (χ4v) is 4.12. The van der Waals surface area contributed by atoms with Crippen molar-refractivity contribution in [2.24, 2.45) is 0 Å². The second-order valence-corrected chi connectivity index (χ2v) is 7.32. The van der Waals surface area contributed by atoms with Crippen LogP contribution in [0.1, 0.15) is 11.1 Å². The number of hydrogen-bond acceptors (Lipinski definition) is 3. The van der Waals surface area contributed by atoms with Crippen LogP contribution in [0.5, 0.6) is 0 Å². The summed E-state index contributed by atoms with van der Waals surface area (Å²) in [6.45, 7) is 1.73. The first-order valence-electron chi connectivity index (χ1n) is 5.82. The predicted molar refractivity (Wildman–Crippen MR) is 82.9 cm³/mol. The number of anilines is 1. The van der Waals surface area contributed by atoms with Crippen molar-refractivity contribution in [2.75, 3.05) is 5.73 Å². The average Bonchev–Trinajstić information content (AvgIpc) is 2.35. The molecular weight excluding hydrogens is 317 g/mol. The highest BCUT2D eigenvalue weighted by Gasteiger charge is 2.19. The number of benzene rings is 2. The molecule has 0 radical (unpaired) electrons. The van der Waals surface area contributed by atoms with E-state index in [1.165, 1.54) is 12.1 Å². The van der Waals surface area contributed by atoms with Gasteiger partial charge in [-0.05, 0) is 42.3 Å². The summed E-state index contributed by atoms with van der Waals surface area (Å²) in [5.41, 5.74) is 7.24. The van der Waals surface area contributed by atoms with Crippen LogP contribution < -0.4 is 5.73 Å². The van der Waals surface area contributed by atoms with Gasteiger partial charge < -0.3 is 5.73 Å². The molecule has 0 amide bonds. The normalized spacial score (nSPS) is 11.6. The minimum absolute atomic E-state index is 0.187. The van der Waals surface area contributed by atoms with Gasteiger partial charge in [-0.2, -0.15) is 0 Å². The van der Waals surface area contributed by atoms with E-state index in [1.54, 1.807) is 31.2 Å². The number of aryl methyl sites for hydroxylation is 1. The Morgan fingerprint density at radius 1 is 1.10 bits per heavy atom. The zero-order valence-corrected chi connectivity index (χ0v) is 13.1. The molecular formula is C14H13Cl2NO2S. The lowest BCUT2D eigenvalue weighted by molar-refractivity contribution is 0.594. The number of sulfone groups is 1. The fourth-order valence-electron chi connectivity index (χ4n) is 1.87. The zero-order valence-electron chi connectivity index (χ0n) is 10.7. The molecule has 0 aliphatic rings. The monoisotopic (exact) mass is 329 g/mol. The van der Waals surface area contributed by atoms with Crippen molar-refractivity contribution < 1.29 is 8.42 Å². The summed E-state index contributed by atoms with van der Waals surface area (Å²) in [6.07, 6.45) is 0. The van der Waals surface area contributed by atoms with Crippen molar-refractivity contribution in [3.05, 3.63) is 57.6 Å².